The third-order valence-electron chi connectivity index (χ3n) is 6.32. The van der Waals surface area contributed by atoms with Crippen LogP contribution in [0.25, 0.3) is 17.1 Å². The summed E-state index contributed by atoms with van der Waals surface area (Å²) in [5.41, 5.74) is 9.11. The zero-order chi connectivity index (χ0) is 23.1. The first-order chi connectivity index (χ1) is 15.9. The molecule has 4 heterocycles. The van der Waals surface area contributed by atoms with Crippen LogP contribution in [0, 0.1) is 0 Å². The summed E-state index contributed by atoms with van der Waals surface area (Å²) in [6, 6.07) is 11.0. The molecular weight excluding hydrogens is 418 g/mol. The van der Waals surface area contributed by atoms with Gasteiger partial charge >= 0.3 is 0 Å². The largest absolute Gasteiger partial charge is 0.462 e. The highest BCUT2D eigenvalue weighted by atomic mass is 16.3. The van der Waals surface area contributed by atoms with E-state index in [0.29, 0.717) is 40.6 Å². The molecule has 1 amide bonds. The molecule has 0 bridgehead atoms. The molecule has 1 aliphatic heterocycles. The summed E-state index contributed by atoms with van der Waals surface area (Å²) in [6.45, 7) is 6.58. The molecule has 0 aliphatic carbocycles. The van der Waals surface area contributed by atoms with Crippen molar-refractivity contribution >= 4 is 28.7 Å². The lowest BCUT2D eigenvalue weighted by atomic mass is 10.1. The summed E-state index contributed by atoms with van der Waals surface area (Å²) in [6.07, 6.45) is 6.55. The number of nitrogens with one attached hydrogen (secondary N) is 1. The Kier molecular flexibility index (Phi) is 5.26. The molecule has 1 fully saturated rings. The van der Waals surface area contributed by atoms with Gasteiger partial charge in [0.25, 0.3) is 5.91 Å². The Morgan fingerprint density at radius 2 is 1.94 bits per heavy atom. The predicted octanol–water partition coefficient (Wildman–Crippen LogP) is 3.36. The van der Waals surface area contributed by atoms with Crippen LogP contribution >= 0.6 is 0 Å². The Morgan fingerprint density at radius 1 is 1.15 bits per heavy atom. The number of aromatic nitrogens is 3. The van der Waals surface area contributed by atoms with Gasteiger partial charge in [0.1, 0.15) is 12.0 Å². The molecular formula is C24H27N7O2. The van der Waals surface area contributed by atoms with Gasteiger partial charge in [-0.1, -0.05) is 0 Å². The third kappa shape index (κ3) is 3.91. The third-order valence-corrected chi connectivity index (χ3v) is 6.32. The highest BCUT2D eigenvalue weighted by Gasteiger charge is 2.26. The number of furan rings is 1. The van der Waals surface area contributed by atoms with Gasteiger partial charge in [0, 0.05) is 48.9 Å². The first-order valence-electron chi connectivity index (χ1n) is 11.0. The van der Waals surface area contributed by atoms with Crippen LogP contribution in [-0.4, -0.2) is 57.4 Å². The zero-order valence-electron chi connectivity index (χ0n) is 18.9. The molecule has 0 spiro atoms. The Balaban J connectivity index is 1.39. The minimum absolute atomic E-state index is 0.310. The van der Waals surface area contributed by atoms with Gasteiger partial charge in [-0.2, -0.15) is 0 Å². The number of fused-ring (bicyclic) bond motifs is 1. The van der Waals surface area contributed by atoms with E-state index in [0.717, 1.165) is 18.8 Å². The topological polar surface area (TPSA) is 105 Å². The molecule has 4 aromatic rings. The van der Waals surface area contributed by atoms with Crippen LogP contribution < -0.4 is 16.0 Å². The van der Waals surface area contributed by atoms with Crippen molar-refractivity contribution in [2.45, 2.75) is 25.9 Å². The molecule has 33 heavy (non-hydrogen) atoms. The second-order valence-electron chi connectivity index (χ2n) is 8.64. The quantitative estimate of drug-likeness (QED) is 0.485. The number of rotatable bonds is 5. The molecule has 5 rings (SSSR count). The summed E-state index contributed by atoms with van der Waals surface area (Å²) < 4.78 is 7.39. The van der Waals surface area contributed by atoms with Gasteiger partial charge in [-0.3, -0.25) is 14.1 Å². The van der Waals surface area contributed by atoms with E-state index >= 15 is 0 Å². The molecule has 0 radical (unpaired) electrons. The highest BCUT2D eigenvalue weighted by Crippen LogP contribution is 2.28. The van der Waals surface area contributed by atoms with Crippen LogP contribution in [0.5, 0.6) is 0 Å². The molecule has 3 N–H and O–H groups in total. The second-order valence-corrected chi connectivity index (χ2v) is 8.64. The van der Waals surface area contributed by atoms with Crippen molar-refractivity contribution in [2.24, 2.45) is 5.73 Å². The van der Waals surface area contributed by atoms with E-state index in [4.69, 9.17) is 10.2 Å². The zero-order valence-corrected chi connectivity index (χ0v) is 18.9. The molecule has 0 unspecified atom stereocenters. The Morgan fingerprint density at radius 3 is 2.67 bits per heavy atom. The molecule has 0 saturated carbocycles. The van der Waals surface area contributed by atoms with Gasteiger partial charge < -0.3 is 20.4 Å². The Labute approximate surface area is 191 Å². The number of nitrogens with two attached hydrogens (primary N) is 1. The lowest BCUT2D eigenvalue weighted by Gasteiger charge is -2.43. The van der Waals surface area contributed by atoms with E-state index < -0.39 is 5.91 Å². The van der Waals surface area contributed by atoms with Crippen molar-refractivity contribution < 1.29 is 9.21 Å². The van der Waals surface area contributed by atoms with Crippen LogP contribution in [0.2, 0.25) is 0 Å². The number of hydrogen-bond donors (Lipinski definition) is 2. The fraction of sp³-hybridized carbons (Fsp3) is 0.292. The minimum Gasteiger partial charge on any atom is -0.462 e. The van der Waals surface area contributed by atoms with Crippen LogP contribution in [-0.2, 0) is 0 Å². The predicted molar refractivity (Wildman–Crippen MR) is 128 cm³/mol. The van der Waals surface area contributed by atoms with Crippen molar-refractivity contribution in [1.29, 1.82) is 0 Å². The number of carbonyl (C=O) groups excluding carboxylic acids is 1. The number of nitrogens with zero attached hydrogens (tertiary/aromatic N) is 5. The van der Waals surface area contributed by atoms with Crippen molar-refractivity contribution in [1.82, 2.24) is 19.3 Å². The van der Waals surface area contributed by atoms with Crippen LogP contribution in [0.4, 0.5) is 17.2 Å². The highest BCUT2D eigenvalue weighted by molar-refractivity contribution is 5.93. The van der Waals surface area contributed by atoms with Crippen LogP contribution in [0.15, 0.2) is 59.6 Å². The van der Waals surface area contributed by atoms with Crippen LogP contribution in [0.3, 0.4) is 0 Å². The van der Waals surface area contributed by atoms with E-state index in [1.54, 1.807) is 18.5 Å². The van der Waals surface area contributed by atoms with Crippen molar-refractivity contribution in [3.8, 4) is 11.5 Å². The van der Waals surface area contributed by atoms with Gasteiger partial charge in [-0.15, -0.1) is 0 Å². The second kappa shape index (κ2) is 8.25. The smallest absolute Gasteiger partial charge is 0.251 e. The number of imidazole rings is 1. The minimum atomic E-state index is -0.540. The van der Waals surface area contributed by atoms with Gasteiger partial charge in [0.05, 0.1) is 11.8 Å². The first kappa shape index (κ1) is 21.0. The number of anilines is 3. The molecule has 3 aromatic heterocycles. The summed E-state index contributed by atoms with van der Waals surface area (Å²) in [4.78, 5) is 25.3. The number of primary amides is 1. The van der Waals surface area contributed by atoms with Gasteiger partial charge in [-0.05, 0) is 51.2 Å². The van der Waals surface area contributed by atoms with Crippen molar-refractivity contribution in [2.75, 3.05) is 30.4 Å². The maximum Gasteiger partial charge on any atom is 0.251 e. The molecule has 1 aromatic carbocycles. The monoisotopic (exact) mass is 445 g/mol. The fourth-order valence-corrected chi connectivity index (χ4v) is 4.32. The summed E-state index contributed by atoms with van der Waals surface area (Å²) >= 11 is 0. The van der Waals surface area contributed by atoms with Crippen LogP contribution in [0.1, 0.15) is 24.2 Å². The average molecular weight is 446 g/mol. The number of hydrogen-bond acceptors (Lipinski definition) is 7. The van der Waals surface area contributed by atoms with E-state index in [1.165, 1.54) is 12.0 Å². The van der Waals surface area contributed by atoms with Gasteiger partial charge in [0.15, 0.2) is 17.2 Å². The van der Waals surface area contributed by atoms with E-state index in [9.17, 15) is 4.79 Å². The van der Waals surface area contributed by atoms with E-state index in [1.807, 2.05) is 10.6 Å². The maximum absolute atomic E-state index is 11.4. The summed E-state index contributed by atoms with van der Waals surface area (Å²) in [5.74, 6) is 0.576. The first-order valence-corrected chi connectivity index (χ1v) is 11.0. The number of amides is 1. The molecule has 1 aliphatic rings. The molecule has 1 saturated heterocycles. The molecule has 9 nitrogen and oxygen atoms in total. The lowest BCUT2D eigenvalue weighted by Crippen LogP contribution is -2.55. The maximum atomic E-state index is 11.4. The number of piperazine rings is 1. The number of benzene rings is 1. The van der Waals surface area contributed by atoms with Crippen molar-refractivity contribution in [3.63, 3.8) is 0 Å². The molecule has 9 heteroatoms. The molecule has 2 atom stereocenters. The number of likely N-dealkylation sites (N-methyl/N-ethyl adjacent to an activating group) is 1. The summed E-state index contributed by atoms with van der Waals surface area (Å²) in [7, 11) is 2.18. The SMILES string of the molecule is C[C@@H]1CN(c2ccc(Nc3ncc(-c4cc(C(N)=O)co4)n4ccnc34)cc2)[C@@H](C)CN1C. The van der Waals surface area contributed by atoms with Gasteiger partial charge in [-0.25, -0.2) is 9.97 Å². The standard InChI is InChI=1S/C24H27N7O2/c1-15-13-31(16(2)12-29(15)3)19-6-4-18(5-7-19)28-23-24-26-8-9-30(24)20(11-27-23)21-10-17(14-33-21)22(25)32/h4-11,14-16H,12-13H2,1-3H3,(H2,25,32)(H,27,28)/t15-,16+/m1/s1. The Bertz CT molecular complexity index is 1290. The summed E-state index contributed by atoms with van der Waals surface area (Å²) in [5, 5.41) is 3.37. The van der Waals surface area contributed by atoms with E-state index in [-0.39, 0.29) is 0 Å². The van der Waals surface area contributed by atoms with Crippen molar-refractivity contribution in [3.05, 3.63) is 60.7 Å². The number of carbonyl (C=O) groups is 1. The lowest BCUT2D eigenvalue weighted by molar-refractivity contribution is 0.0999. The average Bonchev–Trinajstić information content (AvgIpc) is 3.48. The molecule has 170 valence electrons. The fourth-order valence-electron chi connectivity index (χ4n) is 4.32. The van der Waals surface area contributed by atoms with E-state index in [2.05, 4.69) is 70.2 Å². The normalized spacial score (nSPS) is 19.2. The van der Waals surface area contributed by atoms with Gasteiger partial charge in [0.2, 0.25) is 0 Å². The Hall–Kier alpha value is -3.85.